The van der Waals surface area contributed by atoms with Gasteiger partial charge in [-0.3, -0.25) is 0 Å². The molecular formula is C12H10Cl2FNS. The number of rotatable bonds is 3. The Kier molecular flexibility index (Phi) is 4.05. The Morgan fingerprint density at radius 2 is 2.06 bits per heavy atom. The summed E-state index contributed by atoms with van der Waals surface area (Å²) >= 11 is 13.5. The van der Waals surface area contributed by atoms with Crippen molar-refractivity contribution in [1.82, 2.24) is 5.32 Å². The lowest BCUT2D eigenvalue weighted by atomic mass is 10.0. The van der Waals surface area contributed by atoms with Crippen molar-refractivity contribution in [3.8, 4) is 0 Å². The van der Waals surface area contributed by atoms with E-state index in [4.69, 9.17) is 23.2 Å². The highest BCUT2D eigenvalue weighted by molar-refractivity contribution is 7.10. The van der Waals surface area contributed by atoms with Gasteiger partial charge in [-0.1, -0.05) is 23.2 Å². The van der Waals surface area contributed by atoms with Crippen LogP contribution in [0.5, 0.6) is 0 Å². The molecule has 0 bridgehead atoms. The van der Waals surface area contributed by atoms with Crippen LogP contribution in [0.25, 0.3) is 0 Å². The SMILES string of the molecule is CNC(c1cc(Cl)ccc1F)c1sccc1Cl. The van der Waals surface area contributed by atoms with E-state index in [0.717, 1.165) is 4.88 Å². The second-order valence-corrected chi connectivity index (χ2v) is 5.31. The molecule has 90 valence electrons. The standard InChI is InChI=1S/C12H10Cl2FNS/c1-16-11(12-9(14)4-5-17-12)8-6-7(13)2-3-10(8)15/h2-6,11,16H,1H3. The summed E-state index contributed by atoms with van der Waals surface area (Å²) in [7, 11) is 1.76. The molecule has 0 aliphatic carbocycles. The van der Waals surface area contributed by atoms with Gasteiger partial charge in [0.05, 0.1) is 11.1 Å². The van der Waals surface area contributed by atoms with Gasteiger partial charge in [-0.2, -0.15) is 0 Å². The predicted molar refractivity (Wildman–Crippen MR) is 71.6 cm³/mol. The maximum atomic E-state index is 13.8. The van der Waals surface area contributed by atoms with Crippen molar-refractivity contribution in [2.75, 3.05) is 7.05 Å². The summed E-state index contributed by atoms with van der Waals surface area (Å²) in [4.78, 5) is 0.885. The summed E-state index contributed by atoms with van der Waals surface area (Å²) in [5, 5.41) is 6.08. The molecule has 1 nitrogen and oxygen atoms in total. The van der Waals surface area contributed by atoms with Gasteiger partial charge < -0.3 is 5.32 Å². The third kappa shape index (κ3) is 2.63. The van der Waals surface area contributed by atoms with Crippen LogP contribution in [0, 0.1) is 5.82 Å². The molecule has 0 aliphatic heterocycles. The summed E-state index contributed by atoms with van der Waals surface area (Å²) in [6, 6.07) is 6.04. The van der Waals surface area contributed by atoms with E-state index in [1.165, 1.54) is 23.5 Å². The molecule has 1 aromatic heterocycles. The average Bonchev–Trinajstić information content (AvgIpc) is 2.71. The quantitative estimate of drug-likeness (QED) is 0.877. The summed E-state index contributed by atoms with van der Waals surface area (Å²) in [6.07, 6.45) is 0. The Morgan fingerprint density at radius 1 is 1.29 bits per heavy atom. The van der Waals surface area contributed by atoms with Crippen LogP contribution in [0.15, 0.2) is 29.6 Å². The van der Waals surface area contributed by atoms with E-state index in [9.17, 15) is 4.39 Å². The molecule has 0 saturated heterocycles. The van der Waals surface area contributed by atoms with Gasteiger partial charge in [0, 0.05) is 15.5 Å². The molecule has 0 radical (unpaired) electrons. The topological polar surface area (TPSA) is 12.0 Å². The lowest BCUT2D eigenvalue weighted by Gasteiger charge is -2.16. The van der Waals surface area contributed by atoms with E-state index >= 15 is 0 Å². The van der Waals surface area contributed by atoms with Crippen LogP contribution in [0.2, 0.25) is 10.0 Å². The molecule has 0 spiro atoms. The number of benzene rings is 1. The Bertz CT molecular complexity index is 527. The molecule has 2 rings (SSSR count). The summed E-state index contributed by atoms with van der Waals surface area (Å²) in [5.74, 6) is -0.293. The fourth-order valence-electron chi connectivity index (χ4n) is 1.68. The second kappa shape index (κ2) is 5.36. The highest BCUT2D eigenvalue weighted by Gasteiger charge is 2.20. The van der Waals surface area contributed by atoms with Crippen LogP contribution in [-0.4, -0.2) is 7.05 Å². The van der Waals surface area contributed by atoms with E-state index in [-0.39, 0.29) is 11.9 Å². The van der Waals surface area contributed by atoms with Gasteiger partial charge >= 0.3 is 0 Å². The van der Waals surface area contributed by atoms with Gasteiger partial charge in [0.25, 0.3) is 0 Å². The van der Waals surface area contributed by atoms with Gasteiger partial charge in [-0.15, -0.1) is 11.3 Å². The third-order valence-corrected chi connectivity index (χ3v) is 4.12. The number of hydrogen-bond acceptors (Lipinski definition) is 2. The number of thiophene rings is 1. The van der Waals surface area contributed by atoms with E-state index in [1.54, 1.807) is 19.2 Å². The van der Waals surface area contributed by atoms with Crippen LogP contribution >= 0.6 is 34.5 Å². The molecule has 1 unspecified atom stereocenters. The fourth-order valence-corrected chi connectivity index (χ4v) is 3.15. The summed E-state index contributed by atoms with van der Waals surface area (Å²) < 4.78 is 13.8. The molecule has 5 heteroatoms. The molecule has 0 amide bonds. The first-order valence-electron chi connectivity index (χ1n) is 4.98. The summed E-state index contributed by atoms with van der Waals surface area (Å²) in [6.45, 7) is 0. The van der Waals surface area contributed by atoms with Crippen LogP contribution < -0.4 is 5.32 Å². The molecule has 0 saturated carbocycles. The lowest BCUT2D eigenvalue weighted by molar-refractivity contribution is 0.579. The zero-order valence-corrected chi connectivity index (χ0v) is 11.3. The van der Waals surface area contributed by atoms with E-state index < -0.39 is 0 Å². The van der Waals surface area contributed by atoms with Gasteiger partial charge in [0.1, 0.15) is 5.82 Å². The monoisotopic (exact) mass is 289 g/mol. The van der Waals surface area contributed by atoms with Crippen molar-refractivity contribution in [2.45, 2.75) is 6.04 Å². The van der Waals surface area contributed by atoms with Crippen LogP contribution in [0.4, 0.5) is 4.39 Å². The van der Waals surface area contributed by atoms with Crippen molar-refractivity contribution in [1.29, 1.82) is 0 Å². The largest absolute Gasteiger partial charge is 0.309 e. The molecule has 0 aliphatic rings. The smallest absolute Gasteiger partial charge is 0.128 e. The second-order valence-electron chi connectivity index (χ2n) is 3.52. The fraction of sp³-hybridized carbons (Fsp3) is 0.167. The zero-order valence-electron chi connectivity index (χ0n) is 9.01. The van der Waals surface area contributed by atoms with Gasteiger partial charge in [-0.05, 0) is 36.7 Å². The Hall–Kier alpha value is -0.610. The van der Waals surface area contributed by atoms with E-state index in [1.807, 2.05) is 5.38 Å². The predicted octanol–water partition coefficient (Wildman–Crippen LogP) is 4.50. The number of nitrogens with one attached hydrogen (secondary N) is 1. The number of halogens is 3. The normalized spacial score (nSPS) is 12.7. The van der Waals surface area contributed by atoms with Crippen molar-refractivity contribution in [2.24, 2.45) is 0 Å². The maximum absolute atomic E-state index is 13.8. The lowest BCUT2D eigenvalue weighted by Crippen LogP contribution is -2.18. The first-order valence-corrected chi connectivity index (χ1v) is 6.62. The Balaban J connectivity index is 2.49. The molecular weight excluding hydrogens is 280 g/mol. The highest BCUT2D eigenvalue weighted by atomic mass is 35.5. The first-order chi connectivity index (χ1) is 8.13. The molecule has 1 heterocycles. The molecule has 1 aromatic carbocycles. The summed E-state index contributed by atoms with van der Waals surface area (Å²) in [5.41, 5.74) is 0.504. The molecule has 0 fully saturated rings. The van der Waals surface area contributed by atoms with Gasteiger partial charge in [0.15, 0.2) is 0 Å². The molecule has 17 heavy (non-hydrogen) atoms. The van der Waals surface area contributed by atoms with Crippen molar-refractivity contribution in [3.63, 3.8) is 0 Å². The van der Waals surface area contributed by atoms with Crippen LogP contribution in [0.1, 0.15) is 16.5 Å². The molecule has 1 N–H and O–H groups in total. The Labute approximate surface area is 113 Å². The minimum Gasteiger partial charge on any atom is -0.309 e. The Morgan fingerprint density at radius 3 is 2.65 bits per heavy atom. The van der Waals surface area contributed by atoms with Gasteiger partial charge in [-0.25, -0.2) is 4.39 Å². The van der Waals surface area contributed by atoms with E-state index in [2.05, 4.69) is 5.32 Å². The van der Waals surface area contributed by atoms with Crippen molar-refractivity contribution < 1.29 is 4.39 Å². The average molecular weight is 290 g/mol. The first kappa shape index (κ1) is 12.8. The maximum Gasteiger partial charge on any atom is 0.128 e. The van der Waals surface area contributed by atoms with E-state index in [0.29, 0.717) is 15.6 Å². The number of hydrogen-bond donors (Lipinski definition) is 1. The molecule has 1 atom stereocenters. The minimum atomic E-state index is -0.293. The van der Waals surface area contributed by atoms with Gasteiger partial charge in [0.2, 0.25) is 0 Å². The zero-order chi connectivity index (χ0) is 12.4. The molecule has 2 aromatic rings. The minimum absolute atomic E-state index is 0.277. The highest BCUT2D eigenvalue weighted by Crippen LogP contribution is 2.34. The third-order valence-electron chi connectivity index (χ3n) is 2.46. The van der Waals surface area contributed by atoms with Crippen LogP contribution in [-0.2, 0) is 0 Å². The van der Waals surface area contributed by atoms with Crippen molar-refractivity contribution >= 4 is 34.5 Å². The van der Waals surface area contributed by atoms with Crippen molar-refractivity contribution in [3.05, 3.63) is 55.9 Å². The van der Waals surface area contributed by atoms with Crippen LogP contribution in [0.3, 0.4) is 0 Å².